The first-order valence-corrected chi connectivity index (χ1v) is 9.71. The molecule has 0 bridgehead atoms. The van der Waals surface area contributed by atoms with Crippen molar-refractivity contribution >= 4 is 12.6 Å². The maximum Gasteiger partial charge on any atom is 0.0704 e. The molecule has 5 nitrogen and oxygen atoms in total. The molecule has 0 aromatic carbocycles. The van der Waals surface area contributed by atoms with E-state index in [0.29, 0.717) is 45.6 Å². The molecular weight excluding hydrogens is 328 g/mol. The van der Waals surface area contributed by atoms with Gasteiger partial charge in [0.25, 0.3) is 0 Å². The predicted octanol–water partition coefficient (Wildman–Crippen LogP) is 3.21. The van der Waals surface area contributed by atoms with Crippen LogP contribution in [-0.2, 0) is 23.7 Å². The molecule has 0 fully saturated rings. The van der Waals surface area contributed by atoms with E-state index in [-0.39, 0.29) is 12.2 Å². The van der Waals surface area contributed by atoms with E-state index in [4.69, 9.17) is 23.7 Å². The normalized spacial score (nSPS) is 14.2. The van der Waals surface area contributed by atoms with Crippen molar-refractivity contribution in [3.05, 3.63) is 0 Å². The second-order valence-corrected chi connectivity index (χ2v) is 6.78. The molecule has 2 atom stereocenters. The van der Waals surface area contributed by atoms with Crippen molar-refractivity contribution in [3.63, 3.8) is 0 Å². The third-order valence-corrected chi connectivity index (χ3v) is 3.70. The fraction of sp³-hybridized carbons (Fsp3) is 1.00. The van der Waals surface area contributed by atoms with Gasteiger partial charge in [0.05, 0.1) is 51.8 Å². The van der Waals surface area contributed by atoms with Crippen molar-refractivity contribution in [2.45, 2.75) is 52.2 Å². The van der Waals surface area contributed by atoms with E-state index in [2.05, 4.69) is 33.4 Å². The fourth-order valence-electron chi connectivity index (χ4n) is 2.05. The van der Waals surface area contributed by atoms with E-state index in [9.17, 15) is 0 Å². The Morgan fingerprint density at radius 2 is 1.38 bits per heavy atom. The largest absolute Gasteiger partial charge is 0.382 e. The molecule has 0 aromatic heterocycles. The van der Waals surface area contributed by atoms with Crippen LogP contribution in [0.5, 0.6) is 0 Å². The zero-order valence-corrected chi connectivity index (χ0v) is 16.9. The molecule has 0 aromatic rings. The van der Waals surface area contributed by atoms with Gasteiger partial charge in [-0.05, 0) is 37.9 Å². The van der Waals surface area contributed by atoms with Gasteiger partial charge in [0.2, 0.25) is 0 Å². The quantitative estimate of drug-likeness (QED) is 0.298. The predicted molar refractivity (Wildman–Crippen MR) is 101 cm³/mol. The molecule has 6 heteroatoms. The van der Waals surface area contributed by atoms with Crippen molar-refractivity contribution in [2.75, 3.05) is 59.1 Å². The maximum absolute atomic E-state index is 5.91. The summed E-state index contributed by atoms with van der Waals surface area (Å²) in [4.78, 5) is 0. The molecule has 0 rings (SSSR count). The summed E-state index contributed by atoms with van der Waals surface area (Å²) in [5.74, 6) is 1.41. The first-order valence-electron chi connectivity index (χ1n) is 9.08. The number of rotatable bonds is 18. The lowest BCUT2D eigenvalue weighted by molar-refractivity contribution is -0.0257. The zero-order valence-electron chi connectivity index (χ0n) is 16.0. The lowest BCUT2D eigenvalue weighted by atomic mass is 10.1. The zero-order chi connectivity index (χ0) is 18.0. The van der Waals surface area contributed by atoms with Crippen molar-refractivity contribution in [3.8, 4) is 0 Å². The molecule has 0 aliphatic carbocycles. The average molecular weight is 367 g/mol. The van der Waals surface area contributed by atoms with Crippen LogP contribution in [0.3, 0.4) is 0 Å². The van der Waals surface area contributed by atoms with Crippen LogP contribution < -0.4 is 0 Å². The Morgan fingerprint density at radius 3 is 1.96 bits per heavy atom. The molecule has 146 valence electrons. The Hall–Kier alpha value is 0.150. The molecule has 24 heavy (non-hydrogen) atoms. The van der Waals surface area contributed by atoms with Gasteiger partial charge in [-0.1, -0.05) is 13.8 Å². The Labute approximate surface area is 154 Å². The number of methoxy groups -OCH3 is 1. The van der Waals surface area contributed by atoms with E-state index in [1.54, 1.807) is 7.11 Å². The lowest BCUT2D eigenvalue weighted by Gasteiger charge is -2.20. The molecule has 0 radical (unpaired) electrons. The third-order valence-electron chi connectivity index (χ3n) is 3.45. The summed E-state index contributed by atoms with van der Waals surface area (Å²) in [6.45, 7) is 10.9. The smallest absolute Gasteiger partial charge is 0.0704 e. The van der Waals surface area contributed by atoms with E-state index in [1.807, 2.05) is 0 Å². The first kappa shape index (κ1) is 24.1. The van der Waals surface area contributed by atoms with E-state index < -0.39 is 0 Å². The van der Waals surface area contributed by atoms with Crippen LogP contribution in [0.4, 0.5) is 0 Å². The molecule has 0 amide bonds. The van der Waals surface area contributed by atoms with Gasteiger partial charge in [0.15, 0.2) is 0 Å². The minimum absolute atomic E-state index is 0.231. The molecule has 0 aliphatic heterocycles. The summed E-state index contributed by atoms with van der Waals surface area (Å²) in [7, 11) is 1.66. The van der Waals surface area contributed by atoms with Crippen molar-refractivity contribution in [1.82, 2.24) is 0 Å². The van der Waals surface area contributed by atoms with Gasteiger partial charge in [-0.3, -0.25) is 0 Å². The van der Waals surface area contributed by atoms with Crippen LogP contribution in [0.2, 0.25) is 0 Å². The number of thiol groups is 1. The van der Waals surface area contributed by atoms with Crippen molar-refractivity contribution < 1.29 is 23.7 Å². The van der Waals surface area contributed by atoms with Gasteiger partial charge in [0.1, 0.15) is 0 Å². The highest BCUT2D eigenvalue weighted by Crippen LogP contribution is 2.12. The summed E-state index contributed by atoms with van der Waals surface area (Å²) in [6.07, 6.45) is 3.48. The minimum Gasteiger partial charge on any atom is -0.382 e. The maximum atomic E-state index is 5.91. The standard InChI is InChI=1S/C18H38O5S/c1-16(2)15-23-17(3)5-6-18(7-14-24)22-13-12-21-11-10-20-9-8-19-4/h16-18,24H,5-15H2,1-4H3. The lowest BCUT2D eigenvalue weighted by Crippen LogP contribution is -2.21. The molecule has 0 spiro atoms. The third kappa shape index (κ3) is 17.0. The van der Waals surface area contributed by atoms with Crippen LogP contribution in [0, 0.1) is 5.92 Å². The van der Waals surface area contributed by atoms with Gasteiger partial charge < -0.3 is 23.7 Å². The van der Waals surface area contributed by atoms with Crippen LogP contribution in [0.25, 0.3) is 0 Å². The second-order valence-electron chi connectivity index (χ2n) is 6.34. The van der Waals surface area contributed by atoms with Crippen LogP contribution >= 0.6 is 12.6 Å². The first-order chi connectivity index (χ1) is 11.6. The number of hydrogen-bond acceptors (Lipinski definition) is 6. The molecule has 2 unspecified atom stereocenters. The second kappa shape index (κ2) is 18.0. The highest BCUT2D eigenvalue weighted by atomic mass is 32.1. The molecule has 0 saturated heterocycles. The summed E-state index contributed by atoms with van der Waals surface area (Å²) >= 11 is 4.32. The van der Waals surface area contributed by atoms with Gasteiger partial charge in [-0.25, -0.2) is 0 Å². The molecule has 0 N–H and O–H groups in total. The summed E-state index contributed by atoms with van der Waals surface area (Å²) < 4.78 is 27.5. The average Bonchev–Trinajstić information content (AvgIpc) is 2.56. The highest BCUT2D eigenvalue weighted by Gasteiger charge is 2.12. The van der Waals surface area contributed by atoms with Gasteiger partial charge in [-0.2, -0.15) is 12.6 Å². The topological polar surface area (TPSA) is 46.2 Å². The molecule has 0 heterocycles. The van der Waals surface area contributed by atoms with Gasteiger partial charge in [0, 0.05) is 13.7 Å². The molecular formula is C18H38O5S. The Balaban J connectivity index is 3.62. The van der Waals surface area contributed by atoms with Gasteiger partial charge in [-0.15, -0.1) is 0 Å². The van der Waals surface area contributed by atoms with E-state index >= 15 is 0 Å². The van der Waals surface area contributed by atoms with Crippen molar-refractivity contribution in [1.29, 1.82) is 0 Å². The number of hydrogen-bond donors (Lipinski definition) is 1. The number of ether oxygens (including phenoxy) is 5. The summed E-state index contributed by atoms with van der Waals surface area (Å²) in [5, 5.41) is 0. The van der Waals surface area contributed by atoms with E-state index in [0.717, 1.165) is 31.6 Å². The summed E-state index contributed by atoms with van der Waals surface area (Å²) in [6, 6.07) is 0. The Kier molecular flexibility index (Phi) is 18.1. The van der Waals surface area contributed by atoms with Crippen LogP contribution in [-0.4, -0.2) is 71.3 Å². The monoisotopic (exact) mass is 366 g/mol. The minimum atomic E-state index is 0.231. The summed E-state index contributed by atoms with van der Waals surface area (Å²) in [5.41, 5.74) is 0. The SMILES string of the molecule is COCCOCCOCCOC(CCS)CCC(C)OCC(C)C. The van der Waals surface area contributed by atoms with Crippen molar-refractivity contribution in [2.24, 2.45) is 5.92 Å². The van der Waals surface area contributed by atoms with Gasteiger partial charge >= 0.3 is 0 Å². The highest BCUT2D eigenvalue weighted by molar-refractivity contribution is 7.80. The molecule has 0 saturated carbocycles. The van der Waals surface area contributed by atoms with Crippen LogP contribution in [0.1, 0.15) is 40.0 Å². The van der Waals surface area contributed by atoms with E-state index in [1.165, 1.54) is 0 Å². The molecule has 0 aliphatic rings. The Morgan fingerprint density at radius 1 is 0.750 bits per heavy atom. The van der Waals surface area contributed by atoms with Crippen LogP contribution in [0.15, 0.2) is 0 Å². The Bertz CT molecular complexity index is 254. The fourth-order valence-corrected chi connectivity index (χ4v) is 2.34.